The van der Waals surface area contributed by atoms with Crippen LogP contribution < -0.4 is 10.6 Å². The molecule has 108 valence electrons. The molecule has 0 aromatic carbocycles. The van der Waals surface area contributed by atoms with Gasteiger partial charge in [-0.05, 0) is 6.42 Å². The van der Waals surface area contributed by atoms with Gasteiger partial charge in [0, 0.05) is 26.2 Å². The van der Waals surface area contributed by atoms with Crippen LogP contribution >= 0.6 is 0 Å². The van der Waals surface area contributed by atoms with Crippen molar-refractivity contribution < 1.29 is 19.4 Å². The normalized spacial score (nSPS) is 17.5. The third-order valence-electron chi connectivity index (χ3n) is 2.82. The highest BCUT2D eigenvalue weighted by atomic mass is 16.5. The molecule has 1 heterocycles. The van der Waals surface area contributed by atoms with Crippen molar-refractivity contribution in [2.75, 3.05) is 39.4 Å². The average molecular weight is 271 g/mol. The fourth-order valence-corrected chi connectivity index (χ4v) is 1.75. The van der Waals surface area contributed by atoms with Gasteiger partial charge in [0.2, 0.25) is 0 Å². The number of nitrogens with zero attached hydrogens (tertiary/aromatic N) is 1. The van der Waals surface area contributed by atoms with Crippen molar-refractivity contribution in [2.45, 2.75) is 12.5 Å². The first kappa shape index (κ1) is 15.5. The number of hydrogen-bond acceptors (Lipinski definition) is 4. The third kappa shape index (κ3) is 6.21. The molecule has 1 saturated heterocycles. The summed E-state index contributed by atoms with van der Waals surface area (Å²) in [5.41, 5.74) is 0. The zero-order chi connectivity index (χ0) is 14.1. The van der Waals surface area contributed by atoms with Crippen molar-refractivity contribution in [3.8, 4) is 0 Å². The maximum Gasteiger partial charge on any atom is 0.326 e. The molecular weight excluding hydrogens is 250 g/mol. The molecule has 0 aliphatic carbocycles. The van der Waals surface area contributed by atoms with E-state index in [1.165, 1.54) is 6.08 Å². The van der Waals surface area contributed by atoms with Crippen LogP contribution in [0.5, 0.6) is 0 Å². The second-order valence-electron chi connectivity index (χ2n) is 4.27. The molecule has 1 fully saturated rings. The predicted octanol–water partition coefficient (Wildman–Crippen LogP) is -0.353. The minimum Gasteiger partial charge on any atom is -0.480 e. The van der Waals surface area contributed by atoms with Crippen LogP contribution in [0.1, 0.15) is 6.42 Å². The number of urea groups is 1. The van der Waals surface area contributed by atoms with Crippen molar-refractivity contribution in [3.63, 3.8) is 0 Å². The number of carbonyl (C=O) groups is 2. The van der Waals surface area contributed by atoms with Crippen LogP contribution in [0.3, 0.4) is 0 Å². The number of carbonyl (C=O) groups excluding carboxylic acids is 1. The van der Waals surface area contributed by atoms with E-state index in [1.807, 2.05) is 0 Å². The lowest BCUT2D eigenvalue weighted by Crippen LogP contribution is -2.48. The highest BCUT2D eigenvalue weighted by Crippen LogP contribution is 1.95. The van der Waals surface area contributed by atoms with Crippen molar-refractivity contribution in [1.29, 1.82) is 0 Å². The highest BCUT2D eigenvalue weighted by Gasteiger charge is 2.18. The Kier molecular flexibility index (Phi) is 6.91. The van der Waals surface area contributed by atoms with E-state index in [0.717, 1.165) is 19.6 Å². The SMILES string of the molecule is C=CCC(NC(=O)NCCN1CCOCC1)C(=O)O. The Morgan fingerprint density at radius 2 is 2.11 bits per heavy atom. The minimum atomic E-state index is -1.07. The van der Waals surface area contributed by atoms with E-state index in [2.05, 4.69) is 22.1 Å². The molecule has 2 amide bonds. The lowest BCUT2D eigenvalue weighted by molar-refractivity contribution is -0.139. The van der Waals surface area contributed by atoms with Gasteiger partial charge in [0.15, 0.2) is 0 Å². The van der Waals surface area contributed by atoms with E-state index in [9.17, 15) is 9.59 Å². The quantitative estimate of drug-likeness (QED) is 0.550. The molecule has 3 N–H and O–H groups in total. The number of ether oxygens (including phenoxy) is 1. The van der Waals surface area contributed by atoms with Crippen LogP contribution in [0.4, 0.5) is 4.79 Å². The topological polar surface area (TPSA) is 90.9 Å². The molecule has 0 aromatic heterocycles. The fraction of sp³-hybridized carbons (Fsp3) is 0.667. The largest absolute Gasteiger partial charge is 0.480 e. The molecule has 1 aliphatic rings. The molecule has 0 aromatic rings. The Labute approximate surface area is 112 Å². The van der Waals surface area contributed by atoms with Gasteiger partial charge in [-0.15, -0.1) is 6.58 Å². The number of morpholine rings is 1. The molecule has 0 bridgehead atoms. The Bertz CT molecular complexity index is 316. The predicted molar refractivity (Wildman–Crippen MR) is 70.0 cm³/mol. The highest BCUT2D eigenvalue weighted by molar-refractivity contribution is 5.82. The van der Waals surface area contributed by atoms with Crippen LogP contribution in [-0.4, -0.2) is 67.4 Å². The molecule has 7 nitrogen and oxygen atoms in total. The molecule has 7 heteroatoms. The van der Waals surface area contributed by atoms with Gasteiger partial charge >= 0.3 is 12.0 Å². The summed E-state index contributed by atoms with van der Waals surface area (Å²) in [5.74, 6) is -1.07. The van der Waals surface area contributed by atoms with Gasteiger partial charge in [0.1, 0.15) is 6.04 Å². The van der Waals surface area contributed by atoms with Crippen LogP contribution in [0.15, 0.2) is 12.7 Å². The van der Waals surface area contributed by atoms with Crippen LogP contribution in [-0.2, 0) is 9.53 Å². The number of rotatable bonds is 7. The molecule has 1 rings (SSSR count). The Morgan fingerprint density at radius 1 is 1.42 bits per heavy atom. The smallest absolute Gasteiger partial charge is 0.326 e. The first-order valence-electron chi connectivity index (χ1n) is 6.31. The Morgan fingerprint density at radius 3 is 2.68 bits per heavy atom. The number of hydrogen-bond donors (Lipinski definition) is 3. The molecule has 1 unspecified atom stereocenters. The monoisotopic (exact) mass is 271 g/mol. The molecule has 0 saturated carbocycles. The van der Waals surface area contributed by atoms with Crippen LogP contribution in [0.2, 0.25) is 0 Å². The summed E-state index contributed by atoms with van der Waals surface area (Å²) in [6.07, 6.45) is 1.67. The third-order valence-corrected chi connectivity index (χ3v) is 2.82. The summed E-state index contributed by atoms with van der Waals surface area (Å²) in [6, 6.07) is -1.40. The van der Waals surface area contributed by atoms with Gasteiger partial charge < -0.3 is 20.5 Å². The maximum atomic E-state index is 11.5. The zero-order valence-electron chi connectivity index (χ0n) is 10.9. The first-order chi connectivity index (χ1) is 9.13. The van der Waals surface area contributed by atoms with Crippen molar-refractivity contribution in [2.24, 2.45) is 0 Å². The summed E-state index contributed by atoms with van der Waals surface area (Å²) < 4.78 is 5.22. The van der Waals surface area contributed by atoms with Crippen LogP contribution in [0, 0.1) is 0 Å². The van der Waals surface area contributed by atoms with Gasteiger partial charge in [-0.1, -0.05) is 6.08 Å². The maximum absolute atomic E-state index is 11.5. The minimum absolute atomic E-state index is 0.201. The molecule has 19 heavy (non-hydrogen) atoms. The van der Waals surface area contributed by atoms with E-state index < -0.39 is 18.0 Å². The number of amides is 2. The number of nitrogens with one attached hydrogen (secondary N) is 2. The van der Waals surface area contributed by atoms with E-state index in [-0.39, 0.29) is 6.42 Å². The molecule has 0 radical (unpaired) electrons. The molecular formula is C12H21N3O4. The van der Waals surface area contributed by atoms with Crippen LogP contribution in [0.25, 0.3) is 0 Å². The second-order valence-corrected chi connectivity index (χ2v) is 4.27. The van der Waals surface area contributed by atoms with E-state index in [0.29, 0.717) is 19.8 Å². The summed E-state index contributed by atoms with van der Waals surface area (Å²) in [4.78, 5) is 24.5. The van der Waals surface area contributed by atoms with Crippen molar-refractivity contribution in [3.05, 3.63) is 12.7 Å². The lowest BCUT2D eigenvalue weighted by Gasteiger charge is -2.26. The Balaban J connectivity index is 2.18. The van der Waals surface area contributed by atoms with Gasteiger partial charge in [0.25, 0.3) is 0 Å². The summed E-state index contributed by atoms with van der Waals surface area (Å²) in [5, 5.41) is 13.9. The molecule has 1 atom stereocenters. The van der Waals surface area contributed by atoms with Gasteiger partial charge in [-0.25, -0.2) is 9.59 Å². The van der Waals surface area contributed by atoms with Gasteiger partial charge in [-0.3, -0.25) is 4.90 Å². The van der Waals surface area contributed by atoms with Crippen molar-refractivity contribution >= 4 is 12.0 Å². The molecule has 0 spiro atoms. The van der Waals surface area contributed by atoms with E-state index >= 15 is 0 Å². The van der Waals surface area contributed by atoms with Gasteiger partial charge in [0.05, 0.1) is 13.2 Å². The molecule has 1 aliphatic heterocycles. The zero-order valence-corrected chi connectivity index (χ0v) is 10.9. The van der Waals surface area contributed by atoms with E-state index in [4.69, 9.17) is 9.84 Å². The summed E-state index contributed by atoms with van der Waals surface area (Å²) in [7, 11) is 0. The summed E-state index contributed by atoms with van der Waals surface area (Å²) >= 11 is 0. The number of aliphatic carboxylic acids is 1. The van der Waals surface area contributed by atoms with Gasteiger partial charge in [-0.2, -0.15) is 0 Å². The number of carboxylic acids is 1. The van der Waals surface area contributed by atoms with Crippen molar-refractivity contribution in [1.82, 2.24) is 15.5 Å². The Hall–Kier alpha value is -1.60. The summed E-state index contributed by atoms with van der Waals surface area (Å²) in [6.45, 7) is 7.82. The second kappa shape index (κ2) is 8.49. The average Bonchev–Trinajstić information content (AvgIpc) is 2.39. The fourth-order valence-electron chi connectivity index (χ4n) is 1.75. The first-order valence-corrected chi connectivity index (χ1v) is 6.31. The number of carboxylic acid groups (broad SMARTS) is 1. The standard InChI is InChI=1S/C12H21N3O4/c1-2-3-10(11(16)17)14-12(18)13-4-5-15-6-8-19-9-7-15/h2,10H,1,3-9H2,(H,16,17)(H2,13,14,18). The lowest BCUT2D eigenvalue weighted by atomic mass is 10.2. The van der Waals surface area contributed by atoms with E-state index in [1.54, 1.807) is 0 Å².